The van der Waals surface area contributed by atoms with Crippen LogP contribution in [0, 0.1) is 0 Å². The Labute approximate surface area is 51.7 Å². The summed E-state index contributed by atoms with van der Waals surface area (Å²) in [5.41, 5.74) is 0. The Morgan fingerprint density at radius 3 is 2.29 bits per heavy atom. The second-order valence-corrected chi connectivity index (χ2v) is 2.31. The minimum absolute atomic E-state index is 1.17. The first-order valence-electron chi connectivity index (χ1n) is 3.06. The second-order valence-electron chi connectivity index (χ2n) is 1.81. The van der Waals surface area contributed by atoms with E-state index in [2.05, 4.69) is 19.6 Å². The highest BCUT2D eigenvalue weighted by Gasteiger charge is 1.83. The van der Waals surface area contributed by atoms with Gasteiger partial charge in [-0.1, -0.05) is 19.8 Å². The minimum Gasteiger partial charge on any atom is -0.0654 e. The molecule has 0 aliphatic carbocycles. The Kier molecular flexibility index (Phi) is 6.67. The fourth-order valence-electron chi connectivity index (χ4n) is 0.552. The van der Waals surface area contributed by atoms with Crippen LogP contribution in [-0.4, -0.2) is 5.75 Å². The van der Waals surface area contributed by atoms with Gasteiger partial charge in [-0.3, -0.25) is 0 Å². The monoisotopic (exact) mass is 119 g/mol. The van der Waals surface area contributed by atoms with Gasteiger partial charge >= 0.3 is 0 Å². The molecule has 0 spiro atoms. The van der Waals surface area contributed by atoms with Crippen LogP contribution in [0.3, 0.4) is 0 Å². The lowest BCUT2D eigenvalue weighted by Crippen LogP contribution is -1.77. The Bertz CT molecular complexity index is 23.4. The smallest absolute Gasteiger partial charge is 0.0654 e. The molecule has 0 radical (unpaired) electrons. The summed E-state index contributed by atoms with van der Waals surface area (Å²) in [4.78, 5) is 0. The molecular formula is C6H15S+. The number of rotatable bonds is 4. The van der Waals surface area contributed by atoms with E-state index < -0.39 is 0 Å². The van der Waals surface area contributed by atoms with Crippen LogP contribution >= 0.6 is 0 Å². The molecule has 0 N–H and O–H groups in total. The van der Waals surface area contributed by atoms with Gasteiger partial charge in [0.15, 0.2) is 0 Å². The molecule has 0 atom stereocenters. The Balaban J connectivity index is 2.45. The summed E-state index contributed by atoms with van der Waals surface area (Å²) in [6, 6.07) is 0. The van der Waals surface area contributed by atoms with Crippen molar-refractivity contribution in [1.29, 1.82) is 0 Å². The summed E-state index contributed by atoms with van der Waals surface area (Å²) < 4.78 is 0. The van der Waals surface area contributed by atoms with Crippen LogP contribution in [0.5, 0.6) is 0 Å². The lowest BCUT2D eigenvalue weighted by Gasteiger charge is -1.87. The SMILES string of the molecule is CCCCCC[SH2+]. The zero-order chi connectivity index (χ0) is 5.54. The van der Waals surface area contributed by atoms with Crippen LogP contribution in [0.15, 0.2) is 0 Å². The van der Waals surface area contributed by atoms with Gasteiger partial charge in [-0.05, 0) is 25.5 Å². The van der Waals surface area contributed by atoms with Crippen LogP contribution in [0.2, 0.25) is 0 Å². The van der Waals surface area contributed by atoms with Gasteiger partial charge in [0.05, 0.1) is 0 Å². The highest BCUT2D eigenvalue weighted by atomic mass is 32.1. The van der Waals surface area contributed by atoms with Crippen molar-refractivity contribution in [2.45, 2.75) is 32.6 Å². The molecule has 0 aromatic heterocycles. The summed E-state index contributed by atoms with van der Waals surface area (Å²) in [6.45, 7) is 2.23. The van der Waals surface area contributed by atoms with Gasteiger partial charge in [0.1, 0.15) is 5.75 Å². The van der Waals surface area contributed by atoms with E-state index in [1.807, 2.05) is 0 Å². The van der Waals surface area contributed by atoms with Crippen LogP contribution < -0.4 is 0 Å². The zero-order valence-corrected chi connectivity index (χ0v) is 6.04. The lowest BCUT2D eigenvalue weighted by atomic mass is 10.2. The summed E-state index contributed by atoms with van der Waals surface area (Å²) in [5.74, 6) is 1.17. The van der Waals surface area contributed by atoms with Crippen LogP contribution in [0.4, 0.5) is 0 Å². The van der Waals surface area contributed by atoms with Gasteiger partial charge in [-0.2, -0.15) is 0 Å². The van der Waals surface area contributed by atoms with Gasteiger partial charge in [-0.25, -0.2) is 0 Å². The maximum atomic E-state index is 3.42. The van der Waals surface area contributed by atoms with Crippen LogP contribution in [0.25, 0.3) is 0 Å². The number of hydrogen-bond acceptors (Lipinski definition) is 0. The molecule has 0 nitrogen and oxygen atoms in total. The summed E-state index contributed by atoms with van der Waals surface area (Å²) in [6.07, 6.45) is 5.46. The fourth-order valence-corrected chi connectivity index (χ4v) is 0.802. The third kappa shape index (κ3) is 6.35. The maximum absolute atomic E-state index is 3.42. The van der Waals surface area contributed by atoms with Crippen LogP contribution in [-0.2, 0) is 12.6 Å². The van der Waals surface area contributed by atoms with E-state index in [1.165, 1.54) is 31.4 Å². The molecule has 0 unspecified atom stereocenters. The van der Waals surface area contributed by atoms with Crippen molar-refractivity contribution in [3.8, 4) is 0 Å². The standard InChI is InChI=1S/C6H14S/c1-2-3-4-5-6-7/h7H,2-6H2,1H3/p+1. The predicted molar refractivity (Wildman–Crippen MR) is 39.2 cm³/mol. The highest BCUT2D eigenvalue weighted by Crippen LogP contribution is 1.96. The van der Waals surface area contributed by atoms with Gasteiger partial charge in [0.2, 0.25) is 0 Å². The van der Waals surface area contributed by atoms with E-state index in [0.717, 1.165) is 0 Å². The quantitative estimate of drug-likeness (QED) is 0.389. The normalized spacial score (nSPS) is 9.43. The van der Waals surface area contributed by atoms with Crippen molar-refractivity contribution in [3.05, 3.63) is 0 Å². The van der Waals surface area contributed by atoms with Crippen molar-refractivity contribution in [1.82, 2.24) is 0 Å². The molecule has 1 heteroatoms. The third-order valence-electron chi connectivity index (χ3n) is 1.03. The summed E-state index contributed by atoms with van der Waals surface area (Å²) in [5, 5.41) is 0. The summed E-state index contributed by atoms with van der Waals surface area (Å²) >= 11 is 3.42. The Morgan fingerprint density at radius 1 is 1.14 bits per heavy atom. The largest absolute Gasteiger partial charge is 0.103 e. The van der Waals surface area contributed by atoms with Gasteiger partial charge in [0.25, 0.3) is 0 Å². The van der Waals surface area contributed by atoms with Gasteiger partial charge in [0, 0.05) is 0 Å². The lowest BCUT2D eigenvalue weighted by molar-refractivity contribution is 0.707. The molecule has 0 heterocycles. The van der Waals surface area contributed by atoms with E-state index in [1.54, 1.807) is 0 Å². The average Bonchev–Trinajstić information content (AvgIpc) is 1.69. The molecule has 0 aliphatic heterocycles. The molecule has 0 saturated carbocycles. The minimum atomic E-state index is 1.17. The first kappa shape index (κ1) is 7.35. The molecule has 0 aromatic rings. The number of hydrogen-bond donors (Lipinski definition) is 0. The van der Waals surface area contributed by atoms with Crippen molar-refractivity contribution in [2.75, 3.05) is 5.75 Å². The van der Waals surface area contributed by atoms with E-state index in [0.29, 0.717) is 0 Å². The third-order valence-corrected chi connectivity index (χ3v) is 1.38. The van der Waals surface area contributed by atoms with E-state index in [4.69, 9.17) is 0 Å². The molecule has 44 valence electrons. The van der Waals surface area contributed by atoms with Gasteiger partial charge in [-0.15, -0.1) is 0 Å². The van der Waals surface area contributed by atoms with E-state index >= 15 is 0 Å². The highest BCUT2D eigenvalue weighted by molar-refractivity contribution is 7.58. The average molecular weight is 119 g/mol. The van der Waals surface area contributed by atoms with E-state index in [-0.39, 0.29) is 0 Å². The van der Waals surface area contributed by atoms with Crippen molar-refractivity contribution in [3.63, 3.8) is 0 Å². The van der Waals surface area contributed by atoms with Gasteiger partial charge < -0.3 is 0 Å². The molecule has 0 bridgehead atoms. The first-order valence-corrected chi connectivity index (χ1v) is 3.77. The molecule has 7 heavy (non-hydrogen) atoms. The molecule has 0 rings (SSSR count). The van der Waals surface area contributed by atoms with Crippen molar-refractivity contribution < 1.29 is 0 Å². The maximum Gasteiger partial charge on any atom is 0.103 e. The molecule has 0 aromatic carbocycles. The Morgan fingerprint density at radius 2 is 1.86 bits per heavy atom. The predicted octanol–water partition coefficient (Wildman–Crippen LogP) is 1.58. The first-order chi connectivity index (χ1) is 3.41. The van der Waals surface area contributed by atoms with E-state index in [9.17, 15) is 0 Å². The molecule has 0 amide bonds. The topological polar surface area (TPSA) is 0 Å². The second kappa shape index (κ2) is 6.35. The fraction of sp³-hybridized carbons (Fsp3) is 1.00. The molecular weight excluding hydrogens is 104 g/mol. The summed E-state index contributed by atoms with van der Waals surface area (Å²) in [7, 11) is 0. The number of unbranched alkanes of at least 4 members (excludes halogenated alkanes) is 3. The van der Waals surface area contributed by atoms with Crippen molar-refractivity contribution >= 4 is 12.6 Å². The Hall–Kier alpha value is 0.350. The van der Waals surface area contributed by atoms with Crippen LogP contribution in [0.1, 0.15) is 32.6 Å². The zero-order valence-electron chi connectivity index (χ0n) is 5.04. The molecule has 0 fully saturated rings. The molecule has 0 saturated heterocycles. The van der Waals surface area contributed by atoms with Crippen molar-refractivity contribution in [2.24, 2.45) is 0 Å². The molecule has 0 aliphatic rings.